The number of nitrogens with two attached hydrogens (primary N) is 1. The van der Waals surface area contributed by atoms with Crippen molar-refractivity contribution in [1.82, 2.24) is 4.90 Å². The average Bonchev–Trinajstić information content (AvgIpc) is 3.49. The first-order valence-electron chi connectivity index (χ1n) is 11.1. The van der Waals surface area contributed by atoms with Crippen LogP contribution in [0.15, 0.2) is 12.1 Å². The Balaban J connectivity index is 1.87. The van der Waals surface area contributed by atoms with Gasteiger partial charge in [0.15, 0.2) is 6.29 Å². The standard InChI is InChI=1S/C22H29N3O9/c1-5-30-20(31-6-2)13-7-15-18(17(8-13)33-12(4)27)14(10-32-21(23)28)22(29)19-16(9-24(15)34-22)25(19)11(3)26/h7-8,14,16,19-20,29H,5-6,9-10H2,1-4H3,(H2,23,28). The summed E-state index contributed by atoms with van der Waals surface area (Å²) >= 11 is 0. The number of primary amides is 1. The number of aliphatic hydroxyl groups is 1. The molecule has 2 fully saturated rings. The molecule has 1 aromatic carbocycles. The van der Waals surface area contributed by atoms with Gasteiger partial charge in [-0.2, -0.15) is 0 Å². The topological polar surface area (TPSA) is 150 Å². The number of rotatable bonds is 8. The van der Waals surface area contributed by atoms with E-state index < -0.39 is 36.1 Å². The summed E-state index contributed by atoms with van der Waals surface area (Å²) in [6.07, 6.45) is -1.79. The minimum absolute atomic E-state index is 0.127. The number of esters is 1. The van der Waals surface area contributed by atoms with E-state index in [1.165, 1.54) is 23.8 Å². The van der Waals surface area contributed by atoms with E-state index in [-0.39, 0.29) is 30.9 Å². The first-order valence-corrected chi connectivity index (χ1v) is 11.1. The van der Waals surface area contributed by atoms with Gasteiger partial charge in [0.25, 0.3) is 0 Å². The molecule has 3 aliphatic rings. The molecule has 3 heterocycles. The highest BCUT2D eigenvalue weighted by molar-refractivity contribution is 5.79. The largest absolute Gasteiger partial charge is 0.449 e. The molecule has 2 bridgehead atoms. The summed E-state index contributed by atoms with van der Waals surface area (Å²) in [7, 11) is 0. The Morgan fingerprint density at radius 1 is 1.24 bits per heavy atom. The SMILES string of the molecule is CCOC(OCC)c1cc(OC(C)=O)c2c(c1)N1CC3C(N3C(C)=O)C(O)(O1)C2COC(N)=O. The molecule has 1 aromatic rings. The fourth-order valence-electron chi connectivity index (χ4n) is 4.91. The fourth-order valence-corrected chi connectivity index (χ4v) is 4.91. The fraction of sp³-hybridized carbons (Fsp3) is 0.591. The predicted octanol–water partition coefficient (Wildman–Crippen LogP) is 0.916. The second-order valence-corrected chi connectivity index (χ2v) is 8.31. The lowest BCUT2D eigenvalue weighted by molar-refractivity contribution is -0.250. The molecule has 3 aliphatic heterocycles. The summed E-state index contributed by atoms with van der Waals surface area (Å²) in [6, 6.07) is 2.36. The monoisotopic (exact) mass is 479 g/mol. The van der Waals surface area contributed by atoms with Crippen LogP contribution >= 0.6 is 0 Å². The van der Waals surface area contributed by atoms with E-state index in [0.29, 0.717) is 30.0 Å². The number of carbonyl (C=O) groups excluding carboxylic acids is 3. The van der Waals surface area contributed by atoms with Gasteiger partial charge in [-0.25, -0.2) is 14.7 Å². The molecule has 4 unspecified atom stereocenters. The number of anilines is 1. The number of benzene rings is 1. The van der Waals surface area contributed by atoms with E-state index in [2.05, 4.69) is 0 Å². The van der Waals surface area contributed by atoms with Crippen molar-refractivity contribution in [3.05, 3.63) is 23.3 Å². The molecule has 0 radical (unpaired) electrons. The lowest BCUT2D eigenvalue weighted by Gasteiger charge is -2.47. The third-order valence-corrected chi connectivity index (χ3v) is 6.14. The van der Waals surface area contributed by atoms with Gasteiger partial charge < -0.3 is 34.7 Å². The van der Waals surface area contributed by atoms with Crippen molar-refractivity contribution in [2.45, 2.75) is 57.8 Å². The molecule has 4 atom stereocenters. The van der Waals surface area contributed by atoms with Crippen molar-refractivity contribution < 1.29 is 43.3 Å². The summed E-state index contributed by atoms with van der Waals surface area (Å²) in [4.78, 5) is 43.1. The van der Waals surface area contributed by atoms with Crippen LogP contribution in [0.3, 0.4) is 0 Å². The molecule has 186 valence electrons. The zero-order valence-electron chi connectivity index (χ0n) is 19.5. The van der Waals surface area contributed by atoms with E-state index in [9.17, 15) is 19.5 Å². The molecular formula is C22H29N3O9. The van der Waals surface area contributed by atoms with Crippen molar-refractivity contribution in [1.29, 1.82) is 0 Å². The number of fused-ring (bicyclic) bond motifs is 6. The second-order valence-electron chi connectivity index (χ2n) is 8.31. The van der Waals surface area contributed by atoms with Crippen LogP contribution in [0.4, 0.5) is 10.5 Å². The van der Waals surface area contributed by atoms with Gasteiger partial charge in [-0.05, 0) is 26.0 Å². The quantitative estimate of drug-likeness (QED) is 0.238. The number of amides is 2. The highest BCUT2D eigenvalue weighted by Gasteiger charge is 2.71. The molecular weight excluding hydrogens is 450 g/mol. The van der Waals surface area contributed by atoms with Gasteiger partial charge in [0, 0.05) is 38.2 Å². The maximum Gasteiger partial charge on any atom is 0.404 e. The lowest BCUT2D eigenvalue weighted by Crippen LogP contribution is -2.59. The Morgan fingerprint density at radius 3 is 2.47 bits per heavy atom. The summed E-state index contributed by atoms with van der Waals surface area (Å²) in [6.45, 7) is 6.96. The van der Waals surface area contributed by atoms with Gasteiger partial charge in [-0.15, -0.1) is 0 Å². The van der Waals surface area contributed by atoms with Crippen molar-refractivity contribution >= 4 is 23.7 Å². The Bertz CT molecular complexity index is 996. The maximum absolute atomic E-state index is 12.2. The van der Waals surface area contributed by atoms with Crippen LogP contribution in [0.5, 0.6) is 5.75 Å². The average molecular weight is 479 g/mol. The predicted molar refractivity (Wildman–Crippen MR) is 115 cm³/mol. The molecule has 0 aliphatic carbocycles. The summed E-state index contributed by atoms with van der Waals surface area (Å²) in [5.41, 5.74) is 6.60. The van der Waals surface area contributed by atoms with Gasteiger partial charge in [0.1, 0.15) is 18.4 Å². The highest BCUT2D eigenvalue weighted by Crippen LogP contribution is 2.57. The molecule has 3 N–H and O–H groups in total. The zero-order chi connectivity index (χ0) is 24.8. The number of hydroxylamine groups is 1. The zero-order valence-corrected chi connectivity index (χ0v) is 19.5. The molecule has 4 rings (SSSR count). The lowest BCUT2D eigenvalue weighted by atomic mass is 9.82. The summed E-state index contributed by atoms with van der Waals surface area (Å²) in [5, 5.41) is 13.1. The van der Waals surface area contributed by atoms with Crippen LogP contribution in [0.2, 0.25) is 0 Å². The number of hydrogen-bond donors (Lipinski definition) is 2. The molecule has 0 spiro atoms. The molecule has 2 amide bonds. The Kier molecular flexibility index (Phi) is 6.42. The number of carbonyl (C=O) groups is 3. The first-order chi connectivity index (χ1) is 16.1. The molecule has 2 saturated heterocycles. The van der Waals surface area contributed by atoms with E-state index >= 15 is 0 Å². The Labute approximate surface area is 196 Å². The molecule has 12 heteroatoms. The number of hydrogen-bond acceptors (Lipinski definition) is 10. The summed E-state index contributed by atoms with van der Waals surface area (Å²) in [5.74, 6) is -3.64. The van der Waals surface area contributed by atoms with Gasteiger partial charge in [0.05, 0.1) is 24.2 Å². The molecule has 0 saturated carbocycles. The van der Waals surface area contributed by atoms with E-state index in [0.717, 1.165) is 0 Å². The first kappa shape index (κ1) is 24.2. The smallest absolute Gasteiger partial charge is 0.404 e. The highest BCUT2D eigenvalue weighted by atomic mass is 16.8. The normalized spacial score (nSPS) is 26.6. The Hall–Kier alpha value is -2.93. The van der Waals surface area contributed by atoms with Crippen molar-refractivity contribution in [3.8, 4) is 5.75 Å². The molecule has 34 heavy (non-hydrogen) atoms. The van der Waals surface area contributed by atoms with Crippen LogP contribution in [0, 0.1) is 0 Å². The van der Waals surface area contributed by atoms with Crippen LogP contribution < -0.4 is 15.5 Å². The van der Waals surface area contributed by atoms with Crippen LogP contribution in [0.1, 0.15) is 51.0 Å². The van der Waals surface area contributed by atoms with Crippen molar-refractivity contribution in [2.24, 2.45) is 5.73 Å². The van der Waals surface area contributed by atoms with Gasteiger partial charge in [0.2, 0.25) is 11.7 Å². The minimum Gasteiger partial charge on any atom is -0.449 e. The van der Waals surface area contributed by atoms with E-state index in [1.807, 2.05) is 13.8 Å². The van der Waals surface area contributed by atoms with Gasteiger partial charge >= 0.3 is 12.1 Å². The number of ether oxygens (including phenoxy) is 4. The number of nitrogens with zero attached hydrogens (tertiary/aromatic N) is 2. The van der Waals surface area contributed by atoms with E-state index in [1.54, 1.807) is 12.1 Å². The van der Waals surface area contributed by atoms with Gasteiger partial charge in [-0.3, -0.25) is 9.59 Å². The van der Waals surface area contributed by atoms with Gasteiger partial charge in [-0.1, -0.05) is 0 Å². The molecule has 0 aromatic heterocycles. The third-order valence-electron chi connectivity index (χ3n) is 6.14. The van der Waals surface area contributed by atoms with Crippen LogP contribution in [-0.4, -0.2) is 72.2 Å². The second kappa shape index (κ2) is 9.02. The van der Waals surface area contributed by atoms with Crippen LogP contribution in [0.25, 0.3) is 0 Å². The maximum atomic E-state index is 12.2. The molecule has 12 nitrogen and oxygen atoms in total. The van der Waals surface area contributed by atoms with Crippen LogP contribution in [-0.2, 0) is 28.6 Å². The van der Waals surface area contributed by atoms with Crippen molar-refractivity contribution in [2.75, 3.05) is 31.4 Å². The van der Waals surface area contributed by atoms with Crippen molar-refractivity contribution in [3.63, 3.8) is 0 Å². The Morgan fingerprint density at radius 2 is 1.91 bits per heavy atom. The van der Waals surface area contributed by atoms with E-state index in [4.69, 9.17) is 29.5 Å². The summed E-state index contributed by atoms with van der Waals surface area (Å²) < 4.78 is 22.0. The minimum atomic E-state index is -1.94. The third kappa shape index (κ3) is 4.06.